The molecule has 2 aliphatic heterocycles. The van der Waals surface area contributed by atoms with Gasteiger partial charge in [-0.2, -0.15) is 0 Å². The van der Waals surface area contributed by atoms with Crippen LogP contribution in [0.1, 0.15) is 48.1 Å². The third kappa shape index (κ3) is 4.38. The van der Waals surface area contributed by atoms with E-state index >= 15 is 0 Å². The van der Waals surface area contributed by atoms with Gasteiger partial charge in [0.2, 0.25) is 0 Å². The summed E-state index contributed by atoms with van der Waals surface area (Å²) in [6.07, 6.45) is 2.32. The summed E-state index contributed by atoms with van der Waals surface area (Å²) in [5.74, 6) is -1.11. The second-order valence-electron chi connectivity index (χ2n) is 9.43. The van der Waals surface area contributed by atoms with E-state index in [1.807, 2.05) is 24.3 Å². The Morgan fingerprint density at radius 1 is 0.971 bits per heavy atom. The number of anilines is 1. The number of nitrogens with zero attached hydrogens (tertiary/aromatic N) is 2. The number of carboxylic acid groups (broad SMARTS) is 1. The maximum atomic E-state index is 12.8. The molecule has 6 heteroatoms. The third-order valence-electron chi connectivity index (χ3n) is 7.24. The zero-order chi connectivity index (χ0) is 23.7. The van der Waals surface area contributed by atoms with Gasteiger partial charge in [0, 0.05) is 43.0 Å². The first-order valence-electron chi connectivity index (χ1n) is 12.1. The Kier molecular flexibility index (Phi) is 6.24. The number of carbonyl (C=O) groups is 2. The van der Waals surface area contributed by atoms with Crippen LogP contribution in [-0.4, -0.2) is 53.6 Å². The SMILES string of the molecule is C[C@@H](N[C@H]1CCN(c2ccc(C(=O)N3CCC[C@H]3C(=O)O)cc2)C1)c1cccc2ccccc12. The summed E-state index contributed by atoms with van der Waals surface area (Å²) >= 11 is 0. The lowest BCUT2D eigenvalue weighted by atomic mass is 9.99. The third-order valence-corrected chi connectivity index (χ3v) is 7.24. The summed E-state index contributed by atoms with van der Waals surface area (Å²) in [7, 11) is 0. The molecule has 0 bridgehead atoms. The number of rotatable bonds is 6. The zero-order valence-electron chi connectivity index (χ0n) is 19.5. The quantitative estimate of drug-likeness (QED) is 0.572. The summed E-state index contributed by atoms with van der Waals surface area (Å²) in [4.78, 5) is 28.1. The zero-order valence-corrected chi connectivity index (χ0v) is 19.5. The van der Waals surface area contributed by atoms with E-state index in [0.717, 1.165) is 31.6 Å². The predicted octanol–water partition coefficient (Wildman–Crippen LogP) is 4.46. The van der Waals surface area contributed by atoms with Gasteiger partial charge in [-0.3, -0.25) is 4.79 Å². The smallest absolute Gasteiger partial charge is 0.326 e. The van der Waals surface area contributed by atoms with Gasteiger partial charge in [-0.05, 0) is 66.8 Å². The molecule has 3 aromatic carbocycles. The number of nitrogens with one attached hydrogen (secondary N) is 1. The molecule has 6 nitrogen and oxygen atoms in total. The first-order valence-corrected chi connectivity index (χ1v) is 12.1. The fraction of sp³-hybridized carbons (Fsp3) is 0.357. The largest absolute Gasteiger partial charge is 0.480 e. The molecule has 0 aromatic heterocycles. The second kappa shape index (κ2) is 9.47. The van der Waals surface area contributed by atoms with E-state index in [1.165, 1.54) is 21.2 Å². The topological polar surface area (TPSA) is 72.9 Å². The Bertz CT molecular complexity index is 1190. The number of hydrogen-bond donors (Lipinski definition) is 2. The standard InChI is InChI=1S/C28H31N3O3/c1-19(24-9-4-7-20-6-2-3-8-25(20)24)29-22-15-17-30(18-22)23-13-11-21(12-14-23)27(32)31-16-5-10-26(31)28(33)34/h2-4,6-9,11-14,19,22,26,29H,5,10,15-18H2,1H3,(H,33,34)/t19-,22+,26+/m1/s1. The normalized spacial score (nSPS) is 21.2. The van der Waals surface area contributed by atoms with Gasteiger partial charge in [0.1, 0.15) is 6.04 Å². The maximum absolute atomic E-state index is 12.8. The Morgan fingerprint density at radius 3 is 2.53 bits per heavy atom. The molecule has 0 unspecified atom stereocenters. The average molecular weight is 458 g/mol. The molecule has 2 heterocycles. The molecule has 176 valence electrons. The highest BCUT2D eigenvalue weighted by Crippen LogP contribution is 2.27. The van der Waals surface area contributed by atoms with Gasteiger partial charge in [-0.15, -0.1) is 0 Å². The number of carbonyl (C=O) groups excluding carboxylic acids is 1. The predicted molar refractivity (Wildman–Crippen MR) is 134 cm³/mol. The van der Waals surface area contributed by atoms with Crippen molar-refractivity contribution in [3.8, 4) is 0 Å². The van der Waals surface area contributed by atoms with E-state index in [9.17, 15) is 14.7 Å². The van der Waals surface area contributed by atoms with Crippen molar-refractivity contribution in [2.75, 3.05) is 24.5 Å². The van der Waals surface area contributed by atoms with Gasteiger partial charge in [-0.1, -0.05) is 42.5 Å². The highest BCUT2D eigenvalue weighted by molar-refractivity contribution is 5.97. The molecule has 2 N–H and O–H groups in total. The molecular weight excluding hydrogens is 426 g/mol. The molecule has 2 aliphatic rings. The van der Waals surface area contributed by atoms with E-state index in [2.05, 4.69) is 59.6 Å². The van der Waals surface area contributed by atoms with Crippen molar-refractivity contribution in [1.29, 1.82) is 0 Å². The number of aliphatic carboxylic acids is 1. The summed E-state index contributed by atoms with van der Waals surface area (Å²) in [5, 5.41) is 15.7. The highest BCUT2D eigenvalue weighted by atomic mass is 16.4. The minimum absolute atomic E-state index is 0.193. The van der Waals surface area contributed by atoms with Crippen LogP contribution in [0.3, 0.4) is 0 Å². The van der Waals surface area contributed by atoms with Crippen molar-refractivity contribution >= 4 is 28.3 Å². The van der Waals surface area contributed by atoms with Gasteiger partial charge >= 0.3 is 5.97 Å². The monoisotopic (exact) mass is 457 g/mol. The van der Waals surface area contributed by atoms with E-state index in [1.54, 1.807) is 0 Å². The summed E-state index contributed by atoms with van der Waals surface area (Å²) in [6, 6.07) is 22.5. The van der Waals surface area contributed by atoms with Crippen LogP contribution < -0.4 is 10.2 Å². The van der Waals surface area contributed by atoms with Crippen molar-refractivity contribution in [3.05, 3.63) is 77.9 Å². The number of fused-ring (bicyclic) bond motifs is 1. The van der Waals surface area contributed by atoms with Crippen molar-refractivity contribution in [2.24, 2.45) is 0 Å². The molecule has 0 radical (unpaired) electrons. The molecule has 3 atom stereocenters. The van der Waals surface area contributed by atoms with Gasteiger partial charge in [0.05, 0.1) is 0 Å². The molecule has 0 aliphatic carbocycles. The van der Waals surface area contributed by atoms with Gasteiger partial charge < -0.3 is 20.2 Å². The lowest BCUT2D eigenvalue weighted by Gasteiger charge is -2.24. The van der Waals surface area contributed by atoms with Crippen LogP contribution in [0.5, 0.6) is 0 Å². The van der Waals surface area contributed by atoms with E-state index in [0.29, 0.717) is 24.6 Å². The molecule has 0 spiro atoms. The fourth-order valence-electron chi connectivity index (χ4n) is 5.45. The number of benzene rings is 3. The summed E-state index contributed by atoms with van der Waals surface area (Å²) < 4.78 is 0. The van der Waals surface area contributed by atoms with Crippen LogP contribution in [0, 0.1) is 0 Å². The van der Waals surface area contributed by atoms with E-state index < -0.39 is 12.0 Å². The van der Waals surface area contributed by atoms with Crippen molar-refractivity contribution < 1.29 is 14.7 Å². The Balaban J connectivity index is 1.22. The van der Waals surface area contributed by atoms with Crippen LogP contribution in [0.4, 0.5) is 5.69 Å². The minimum atomic E-state index is -0.921. The molecule has 2 fully saturated rings. The van der Waals surface area contributed by atoms with Gasteiger partial charge in [-0.25, -0.2) is 4.79 Å². The van der Waals surface area contributed by atoms with Gasteiger partial charge in [0.25, 0.3) is 5.91 Å². The number of hydrogen-bond acceptors (Lipinski definition) is 4. The van der Waals surface area contributed by atoms with Crippen LogP contribution in [-0.2, 0) is 4.79 Å². The van der Waals surface area contributed by atoms with Crippen molar-refractivity contribution in [1.82, 2.24) is 10.2 Å². The Morgan fingerprint density at radius 2 is 1.74 bits per heavy atom. The molecule has 5 rings (SSSR count). The number of amides is 1. The van der Waals surface area contributed by atoms with Crippen molar-refractivity contribution in [3.63, 3.8) is 0 Å². The Hall–Kier alpha value is -3.38. The molecule has 3 aromatic rings. The summed E-state index contributed by atoms with van der Waals surface area (Å²) in [5.41, 5.74) is 2.96. The Labute approximate surface area is 200 Å². The van der Waals surface area contributed by atoms with Crippen LogP contribution in [0.15, 0.2) is 66.7 Å². The second-order valence-corrected chi connectivity index (χ2v) is 9.43. The van der Waals surface area contributed by atoms with Crippen molar-refractivity contribution in [2.45, 2.75) is 44.3 Å². The minimum Gasteiger partial charge on any atom is -0.480 e. The molecule has 1 amide bonds. The van der Waals surface area contributed by atoms with E-state index in [4.69, 9.17) is 0 Å². The fourth-order valence-corrected chi connectivity index (χ4v) is 5.45. The van der Waals surface area contributed by atoms with Crippen LogP contribution in [0.25, 0.3) is 10.8 Å². The molecule has 0 saturated carbocycles. The number of carboxylic acids is 1. The molecular formula is C28H31N3O3. The lowest BCUT2D eigenvalue weighted by Crippen LogP contribution is -2.40. The van der Waals surface area contributed by atoms with E-state index in [-0.39, 0.29) is 11.9 Å². The maximum Gasteiger partial charge on any atom is 0.326 e. The lowest BCUT2D eigenvalue weighted by molar-refractivity contribution is -0.141. The number of likely N-dealkylation sites (tertiary alicyclic amines) is 1. The molecule has 34 heavy (non-hydrogen) atoms. The summed E-state index contributed by atoms with van der Waals surface area (Å²) in [6.45, 7) is 4.61. The first-order chi connectivity index (χ1) is 16.5. The molecule has 2 saturated heterocycles. The highest BCUT2D eigenvalue weighted by Gasteiger charge is 2.34. The average Bonchev–Trinajstić information content (AvgIpc) is 3.53. The van der Waals surface area contributed by atoms with Crippen LogP contribution in [0.2, 0.25) is 0 Å². The first kappa shape index (κ1) is 22.4. The van der Waals surface area contributed by atoms with Gasteiger partial charge in [0.15, 0.2) is 0 Å². The van der Waals surface area contributed by atoms with Crippen LogP contribution >= 0.6 is 0 Å².